The third-order valence-corrected chi connectivity index (χ3v) is 5.42. The van der Waals surface area contributed by atoms with Crippen LogP contribution in [-0.2, 0) is 9.05 Å². The Balaban J connectivity index is 0.000000150. The van der Waals surface area contributed by atoms with E-state index in [0.29, 0.717) is 15.8 Å². The van der Waals surface area contributed by atoms with Gasteiger partial charge in [0.2, 0.25) is 5.16 Å². The van der Waals surface area contributed by atoms with Gasteiger partial charge in [0, 0.05) is 19.6 Å². The number of rotatable bonds is 1. The zero-order chi connectivity index (χ0) is 18.2. The van der Waals surface area contributed by atoms with E-state index in [4.69, 9.17) is 22.9 Å². The molecule has 0 fully saturated rings. The summed E-state index contributed by atoms with van der Waals surface area (Å²) in [6.45, 7) is 0. The van der Waals surface area contributed by atoms with Crippen LogP contribution < -0.4 is 0 Å². The normalized spacial score (nSPS) is 11.5. The van der Waals surface area contributed by atoms with Crippen LogP contribution in [0.4, 0.5) is 0 Å². The molecule has 3 N–H and O–H groups in total. The molecule has 0 bridgehead atoms. The fourth-order valence-electron chi connectivity index (χ4n) is 2.08. The van der Waals surface area contributed by atoms with E-state index in [1.54, 1.807) is 18.2 Å². The van der Waals surface area contributed by atoms with E-state index in [-0.39, 0.29) is 5.16 Å². The van der Waals surface area contributed by atoms with E-state index < -0.39 is 9.05 Å². The third kappa shape index (κ3) is 4.50. The van der Waals surface area contributed by atoms with Gasteiger partial charge in [-0.25, -0.2) is 13.4 Å². The van der Waals surface area contributed by atoms with Crippen molar-refractivity contribution in [3.63, 3.8) is 0 Å². The van der Waals surface area contributed by atoms with Crippen molar-refractivity contribution in [2.45, 2.75) is 5.16 Å². The Morgan fingerprint density at radius 1 is 0.920 bits per heavy atom. The van der Waals surface area contributed by atoms with Crippen molar-refractivity contribution >= 4 is 85.9 Å². The first-order chi connectivity index (χ1) is 11.7. The number of nitrogens with zero attached hydrogens (tertiary/aromatic N) is 1. The van der Waals surface area contributed by atoms with Crippen LogP contribution in [-0.4, -0.2) is 28.4 Å². The van der Waals surface area contributed by atoms with Gasteiger partial charge in [-0.2, -0.15) is 0 Å². The SMILES string of the molecule is O=S(=O)(Cl)c1nc2ccc(Br)cc2[nH]1.S=c1[nH]c2ccc(Br)cc2[nH]1. The lowest BCUT2D eigenvalue weighted by Crippen LogP contribution is -1.92. The zero-order valence-corrected chi connectivity index (χ0v) is 17.7. The van der Waals surface area contributed by atoms with Crippen molar-refractivity contribution < 1.29 is 8.42 Å². The van der Waals surface area contributed by atoms with Gasteiger partial charge in [-0.1, -0.05) is 31.9 Å². The maximum atomic E-state index is 10.9. The number of imidazole rings is 2. The first-order valence-electron chi connectivity index (χ1n) is 6.70. The number of halogens is 3. The molecule has 6 nitrogen and oxygen atoms in total. The topological polar surface area (TPSA) is 94.4 Å². The van der Waals surface area contributed by atoms with Gasteiger partial charge in [0.1, 0.15) is 0 Å². The molecule has 0 radical (unpaired) electrons. The molecule has 0 spiro atoms. The highest BCUT2D eigenvalue weighted by Crippen LogP contribution is 2.20. The molecular formula is C14H9Br2ClN4O2S2. The van der Waals surface area contributed by atoms with E-state index in [1.807, 2.05) is 18.2 Å². The zero-order valence-electron chi connectivity index (χ0n) is 12.2. The summed E-state index contributed by atoms with van der Waals surface area (Å²) in [7, 11) is 1.35. The second kappa shape index (κ2) is 7.20. The van der Waals surface area contributed by atoms with Crippen LogP contribution >= 0.6 is 54.8 Å². The number of hydrogen-bond donors (Lipinski definition) is 3. The van der Waals surface area contributed by atoms with Gasteiger partial charge in [0.15, 0.2) is 4.77 Å². The second-order valence-corrected chi connectivity index (χ2v) is 9.63. The lowest BCUT2D eigenvalue weighted by molar-refractivity contribution is 0.603. The van der Waals surface area contributed by atoms with E-state index in [9.17, 15) is 8.42 Å². The maximum absolute atomic E-state index is 10.9. The third-order valence-electron chi connectivity index (χ3n) is 3.13. The van der Waals surface area contributed by atoms with Crippen LogP contribution in [0, 0.1) is 4.77 Å². The highest BCUT2D eigenvalue weighted by molar-refractivity contribution is 9.10. The highest BCUT2D eigenvalue weighted by atomic mass is 79.9. The Morgan fingerprint density at radius 2 is 1.52 bits per heavy atom. The molecule has 4 rings (SSSR count). The number of hydrogen-bond acceptors (Lipinski definition) is 4. The van der Waals surface area contributed by atoms with Gasteiger partial charge < -0.3 is 15.0 Å². The molecule has 25 heavy (non-hydrogen) atoms. The number of aromatic amines is 3. The predicted octanol–water partition coefficient (Wildman–Crippen LogP) is 5.24. The van der Waals surface area contributed by atoms with E-state index in [2.05, 4.69) is 51.8 Å². The summed E-state index contributed by atoms with van der Waals surface area (Å²) in [4.78, 5) is 12.5. The summed E-state index contributed by atoms with van der Waals surface area (Å²) in [5.41, 5.74) is 3.26. The first kappa shape index (κ1) is 18.6. The standard InChI is InChI=1S/C7H4BrClN2O2S.C7H5BrN2S/c8-4-1-2-5-6(3-4)11-7(10-5)14(9,12)13;8-4-1-2-5-6(3-4)10-7(11)9-5/h1-3H,(H,10,11);1-3H,(H2,9,10,11). The summed E-state index contributed by atoms with van der Waals surface area (Å²) in [6, 6.07) is 11.1. The molecular weight excluding hydrogens is 516 g/mol. The van der Waals surface area contributed by atoms with Crippen molar-refractivity contribution in [1.29, 1.82) is 0 Å². The van der Waals surface area contributed by atoms with Crippen LogP contribution in [0.25, 0.3) is 22.1 Å². The molecule has 2 aromatic heterocycles. The van der Waals surface area contributed by atoms with E-state index >= 15 is 0 Å². The molecule has 4 aromatic rings. The lowest BCUT2D eigenvalue weighted by Gasteiger charge is -1.88. The number of H-pyrrole nitrogens is 3. The Bertz CT molecular complexity index is 1230. The van der Waals surface area contributed by atoms with Crippen molar-refractivity contribution in [2.75, 3.05) is 0 Å². The fraction of sp³-hybridized carbons (Fsp3) is 0. The van der Waals surface area contributed by atoms with Crippen LogP contribution in [0.5, 0.6) is 0 Å². The molecule has 11 heteroatoms. The summed E-state index contributed by atoms with van der Waals surface area (Å²) in [5.74, 6) is 0. The van der Waals surface area contributed by atoms with Gasteiger partial charge in [0.25, 0.3) is 9.05 Å². The fourth-order valence-corrected chi connectivity index (χ4v) is 3.68. The van der Waals surface area contributed by atoms with Crippen molar-refractivity contribution in [2.24, 2.45) is 0 Å². The molecule has 0 unspecified atom stereocenters. The average molecular weight is 525 g/mol. The minimum atomic E-state index is -3.79. The van der Waals surface area contributed by atoms with Crippen LogP contribution in [0.1, 0.15) is 0 Å². The number of aromatic nitrogens is 4. The second-order valence-electron chi connectivity index (χ2n) is 4.91. The molecule has 2 aromatic carbocycles. The first-order valence-corrected chi connectivity index (χ1v) is 11.0. The molecule has 2 heterocycles. The van der Waals surface area contributed by atoms with Crippen molar-refractivity contribution in [3.8, 4) is 0 Å². The smallest absolute Gasteiger partial charge is 0.294 e. The van der Waals surface area contributed by atoms with Crippen LogP contribution in [0.15, 0.2) is 50.5 Å². The molecule has 0 aliphatic rings. The van der Waals surface area contributed by atoms with Gasteiger partial charge in [-0.15, -0.1) is 0 Å². The Kier molecular flexibility index (Phi) is 5.35. The lowest BCUT2D eigenvalue weighted by atomic mass is 10.3. The van der Waals surface area contributed by atoms with Gasteiger partial charge >= 0.3 is 0 Å². The maximum Gasteiger partial charge on any atom is 0.294 e. The van der Waals surface area contributed by atoms with Crippen LogP contribution in [0.3, 0.4) is 0 Å². The minimum Gasteiger partial charge on any atom is -0.331 e. The Morgan fingerprint density at radius 3 is 2.20 bits per heavy atom. The number of benzene rings is 2. The molecule has 0 saturated carbocycles. The predicted molar refractivity (Wildman–Crippen MR) is 108 cm³/mol. The number of nitrogens with one attached hydrogen (secondary N) is 3. The van der Waals surface area contributed by atoms with Crippen molar-refractivity contribution in [1.82, 2.24) is 19.9 Å². The monoisotopic (exact) mass is 522 g/mol. The summed E-state index contributed by atoms with van der Waals surface area (Å²) in [5, 5.41) is -0.229. The average Bonchev–Trinajstić information content (AvgIpc) is 3.09. The molecule has 0 amide bonds. The summed E-state index contributed by atoms with van der Waals surface area (Å²) < 4.78 is 24.5. The quantitative estimate of drug-likeness (QED) is 0.234. The largest absolute Gasteiger partial charge is 0.331 e. The van der Waals surface area contributed by atoms with E-state index in [1.165, 1.54) is 0 Å². The summed E-state index contributed by atoms with van der Waals surface area (Å²) >= 11 is 11.6. The van der Waals surface area contributed by atoms with Gasteiger partial charge in [-0.3, -0.25) is 0 Å². The van der Waals surface area contributed by atoms with E-state index in [0.717, 1.165) is 20.0 Å². The van der Waals surface area contributed by atoms with Gasteiger partial charge in [-0.05, 0) is 48.6 Å². The Hall–Kier alpha value is -1.20. The minimum absolute atomic E-state index is 0.229. The molecule has 130 valence electrons. The summed E-state index contributed by atoms with van der Waals surface area (Å²) in [6.07, 6.45) is 0. The van der Waals surface area contributed by atoms with Crippen LogP contribution in [0.2, 0.25) is 0 Å². The molecule has 0 saturated heterocycles. The Labute approximate surface area is 168 Å². The molecule has 0 aliphatic heterocycles. The molecule has 0 atom stereocenters. The van der Waals surface area contributed by atoms with Gasteiger partial charge in [0.05, 0.1) is 22.1 Å². The molecule has 0 aliphatic carbocycles. The number of fused-ring (bicyclic) bond motifs is 2. The highest BCUT2D eigenvalue weighted by Gasteiger charge is 2.15. The van der Waals surface area contributed by atoms with Crippen molar-refractivity contribution in [3.05, 3.63) is 50.1 Å².